The lowest BCUT2D eigenvalue weighted by molar-refractivity contribution is 0.00578. The van der Waals surface area contributed by atoms with Gasteiger partial charge >= 0.3 is 7.12 Å². The molecule has 3 heterocycles. The number of nitrogens with zero attached hydrogens (tertiary/aromatic N) is 3. The quantitative estimate of drug-likeness (QED) is 0.826. The molecule has 0 bridgehead atoms. The van der Waals surface area contributed by atoms with Crippen molar-refractivity contribution >= 4 is 24.6 Å². The van der Waals surface area contributed by atoms with Crippen LogP contribution in [0.2, 0.25) is 0 Å². The predicted octanol–water partition coefficient (Wildman–Crippen LogP) is 0.911. The number of anilines is 1. The van der Waals surface area contributed by atoms with Crippen LogP contribution in [0.25, 0.3) is 0 Å². The van der Waals surface area contributed by atoms with Crippen LogP contribution in [0, 0.1) is 0 Å². The first-order valence-electron chi connectivity index (χ1n) is 8.37. The van der Waals surface area contributed by atoms with Gasteiger partial charge in [-0.25, -0.2) is 4.99 Å². The first-order valence-corrected chi connectivity index (χ1v) is 8.37. The maximum Gasteiger partial charge on any atom is 0.496 e. The van der Waals surface area contributed by atoms with Crippen LogP contribution >= 0.6 is 0 Å². The normalized spacial score (nSPS) is 21.4. The Kier molecular flexibility index (Phi) is 4.29. The van der Waals surface area contributed by atoms with Crippen molar-refractivity contribution in [1.82, 2.24) is 9.47 Å². The Bertz CT molecular complexity index is 782. The van der Waals surface area contributed by atoms with Crippen LogP contribution in [0.5, 0.6) is 0 Å². The van der Waals surface area contributed by atoms with Crippen LogP contribution < -0.4 is 16.3 Å². The molecular weight excluding hydrogens is 319 g/mol. The second-order valence-electron chi connectivity index (χ2n) is 7.59. The van der Waals surface area contributed by atoms with Crippen molar-refractivity contribution in [2.75, 3.05) is 18.9 Å². The first kappa shape index (κ1) is 17.8. The van der Waals surface area contributed by atoms with Crippen molar-refractivity contribution in [3.8, 4) is 0 Å². The molecule has 2 aliphatic heterocycles. The van der Waals surface area contributed by atoms with E-state index in [1.807, 2.05) is 45.7 Å². The van der Waals surface area contributed by atoms with Crippen LogP contribution in [-0.2, 0) is 16.4 Å². The maximum atomic E-state index is 12.5. The lowest BCUT2D eigenvalue weighted by Crippen LogP contribution is -2.41. The van der Waals surface area contributed by atoms with Gasteiger partial charge in [-0.1, -0.05) is 0 Å². The van der Waals surface area contributed by atoms with E-state index in [-0.39, 0.29) is 5.56 Å². The molecule has 0 unspecified atom stereocenters. The molecule has 0 aromatic carbocycles. The molecule has 1 saturated heterocycles. The highest BCUT2D eigenvalue weighted by Crippen LogP contribution is 2.36. The third-order valence-corrected chi connectivity index (χ3v) is 4.96. The van der Waals surface area contributed by atoms with E-state index in [9.17, 15) is 4.79 Å². The molecule has 0 aliphatic carbocycles. The highest BCUT2D eigenvalue weighted by molar-refractivity contribution is 6.62. The summed E-state index contributed by atoms with van der Waals surface area (Å²) >= 11 is 0. The van der Waals surface area contributed by atoms with Gasteiger partial charge in [-0.2, -0.15) is 0 Å². The molecule has 2 aliphatic rings. The molecule has 134 valence electrons. The Morgan fingerprint density at radius 1 is 1.20 bits per heavy atom. The van der Waals surface area contributed by atoms with Gasteiger partial charge in [-0.3, -0.25) is 4.79 Å². The van der Waals surface area contributed by atoms with E-state index in [1.165, 1.54) is 4.57 Å². The van der Waals surface area contributed by atoms with Crippen molar-refractivity contribution in [3.05, 3.63) is 34.5 Å². The van der Waals surface area contributed by atoms with Gasteiger partial charge in [-0.05, 0) is 39.8 Å². The molecule has 1 aromatic heterocycles. The Balaban J connectivity index is 1.90. The summed E-state index contributed by atoms with van der Waals surface area (Å²) in [4.78, 5) is 18.7. The van der Waals surface area contributed by atoms with E-state index >= 15 is 0 Å². The summed E-state index contributed by atoms with van der Waals surface area (Å²) in [6.07, 6.45) is 5.41. The average molecular weight is 344 g/mol. The lowest BCUT2D eigenvalue weighted by atomic mass is 9.80. The second kappa shape index (κ2) is 6.03. The Morgan fingerprint density at radius 3 is 2.40 bits per heavy atom. The fourth-order valence-electron chi connectivity index (χ4n) is 2.65. The standard InChI is InChI=1S/C17H25BN4O3/c1-16(2)17(3,4)25-18(24-16)12-9-13(15(23)22(6)10-12)20-14-7-8-21(5)11-19-14/h7,9-11,20H,8H2,1-6H3. The van der Waals surface area contributed by atoms with E-state index in [0.717, 1.165) is 12.0 Å². The first-order chi connectivity index (χ1) is 11.6. The van der Waals surface area contributed by atoms with Crippen molar-refractivity contribution in [2.24, 2.45) is 12.0 Å². The van der Waals surface area contributed by atoms with Crippen LogP contribution in [0.15, 0.2) is 33.9 Å². The van der Waals surface area contributed by atoms with Gasteiger partial charge < -0.3 is 24.1 Å². The number of aryl methyl sites for hydroxylation is 1. The highest BCUT2D eigenvalue weighted by Gasteiger charge is 2.51. The highest BCUT2D eigenvalue weighted by atomic mass is 16.7. The molecule has 8 heteroatoms. The van der Waals surface area contributed by atoms with Gasteiger partial charge in [0.1, 0.15) is 11.5 Å². The minimum Gasteiger partial charge on any atom is -0.399 e. The average Bonchev–Trinajstić information content (AvgIpc) is 2.74. The van der Waals surface area contributed by atoms with Gasteiger partial charge in [0.2, 0.25) is 0 Å². The molecule has 0 amide bonds. The molecule has 1 N–H and O–H groups in total. The largest absolute Gasteiger partial charge is 0.496 e. The van der Waals surface area contributed by atoms with E-state index < -0.39 is 18.3 Å². The number of hydrogen-bond donors (Lipinski definition) is 1. The minimum absolute atomic E-state index is 0.129. The summed E-state index contributed by atoms with van der Waals surface area (Å²) in [6, 6.07) is 1.78. The number of likely N-dealkylation sites (N-methyl/N-ethyl adjacent to an activating group) is 1. The third-order valence-electron chi connectivity index (χ3n) is 4.96. The van der Waals surface area contributed by atoms with Crippen LogP contribution in [0.3, 0.4) is 0 Å². The van der Waals surface area contributed by atoms with Gasteiger partial charge in [0.25, 0.3) is 5.56 Å². The molecule has 7 nitrogen and oxygen atoms in total. The van der Waals surface area contributed by atoms with Gasteiger partial charge in [0.05, 0.1) is 17.5 Å². The number of aromatic nitrogens is 1. The number of hydrogen-bond acceptors (Lipinski definition) is 6. The zero-order valence-electron chi connectivity index (χ0n) is 15.7. The fraction of sp³-hybridized carbons (Fsp3) is 0.529. The zero-order chi connectivity index (χ0) is 18.4. The summed E-state index contributed by atoms with van der Waals surface area (Å²) < 4.78 is 13.7. The van der Waals surface area contributed by atoms with E-state index in [2.05, 4.69) is 10.3 Å². The zero-order valence-corrected chi connectivity index (χ0v) is 15.7. The lowest BCUT2D eigenvalue weighted by Gasteiger charge is -2.32. The molecule has 0 saturated carbocycles. The third kappa shape index (κ3) is 3.36. The van der Waals surface area contributed by atoms with E-state index in [4.69, 9.17) is 9.31 Å². The minimum atomic E-state index is -0.521. The Morgan fingerprint density at radius 2 is 1.84 bits per heavy atom. The van der Waals surface area contributed by atoms with Crippen molar-refractivity contribution in [3.63, 3.8) is 0 Å². The monoisotopic (exact) mass is 344 g/mol. The number of pyridine rings is 1. The summed E-state index contributed by atoms with van der Waals surface area (Å²) in [7, 11) is 3.14. The van der Waals surface area contributed by atoms with Crippen LogP contribution in [0.1, 0.15) is 27.7 Å². The SMILES string of the molecule is CN1C=NC(Nc2cc(B3OC(C)(C)C(C)(C)O3)cn(C)c2=O)=CC1. The summed E-state index contributed by atoms with van der Waals surface area (Å²) in [5.74, 6) is 0.654. The number of rotatable bonds is 3. The van der Waals surface area contributed by atoms with Crippen molar-refractivity contribution in [1.29, 1.82) is 0 Å². The molecule has 0 radical (unpaired) electrons. The smallest absolute Gasteiger partial charge is 0.399 e. The molecular formula is C17H25BN4O3. The predicted molar refractivity (Wildman–Crippen MR) is 100 cm³/mol. The van der Waals surface area contributed by atoms with Crippen molar-refractivity contribution in [2.45, 2.75) is 38.9 Å². The Labute approximate surface area is 148 Å². The molecule has 0 atom stereocenters. The number of aliphatic imine (C=N–C) groups is 1. The van der Waals surface area contributed by atoms with Crippen LogP contribution in [-0.4, -0.2) is 47.7 Å². The van der Waals surface area contributed by atoms with Gasteiger partial charge in [-0.15, -0.1) is 0 Å². The summed E-state index contributed by atoms with van der Waals surface area (Å²) in [5, 5.41) is 3.11. The van der Waals surface area contributed by atoms with Gasteiger partial charge in [0.15, 0.2) is 0 Å². The van der Waals surface area contributed by atoms with Crippen LogP contribution in [0.4, 0.5) is 5.69 Å². The molecule has 25 heavy (non-hydrogen) atoms. The number of nitrogens with one attached hydrogen (secondary N) is 1. The fourth-order valence-corrected chi connectivity index (χ4v) is 2.65. The van der Waals surface area contributed by atoms with E-state index in [0.29, 0.717) is 11.5 Å². The topological polar surface area (TPSA) is 68.1 Å². The molecule has 1 aromatic rings. The maximum absolute atomic E-state index is 12.5. The molecule has 0 spiro atoms. The van der Waals surface area contributed by atoms with Gasteiger partial charge in [0, 0.05) is 32.3 Å². The molecule has 3 rings (SSSR count). The molecule has 1 fully saturated rings. The van der Waals surface area contributed by atoms with E-state index in [1.54, 1.807) is 25.6 Å². The summed E-state index contributed by atoms with van der Waals surface area (Å²) in [6.45, 7) is 8.76. The Hall–Kier alpha value is -2.06. The second-order valence-corrected chi connectivity index (χ2v) is 7.59. The van der Waals surface area contributed by atoms with Crippen molar-refractivity contribution < 1.29 is 9.31 Å². The summed E-state index contributed by atoms with van der Waals surface area (Å²) in [5.41, 5.74) is 0.250.